The summed E-state index contributed by atoms with van der Waals surface area (Å²) in [6, 6.07) is 9.51. The molecule has 1 aromatic heterocycles. The van der Waals surface area contributed by atoms with E-state index in [2.05, 4.69) is 15.9 Å². The average molecular weight is 212 g/mol. The van der Waals surface area contributed by atoms with Crippen molar-refractivity contribution in [3.8, 4) is 0 Å². The van der Waals surface area contributed by atoms with Crippen molar-refractivity contribution in [1.29, 1.82) is 0 Å². The Kier molecular flexibility index (Phi) is 1.39. The van der Waals surface area contributed by atoms with Crippen LogP contribution in [0.5, 0.6) is 0 Å². The predicted octanol–water partition coefficient (Wildman–Crippen LogP) is 2.64. The van der Waals surface area contributed by atoms with Gasteiger partial charge in [0, 0.05) is 5.39 Å². The molecule has 11 heavy (non-hydrogen) atoms. The second-order valence-corrected chi connectivity index (χ2v) is 3.15. The van der Waals surface area contributed by atoms with Crippen LogP contribution >= 0.6 is 15.9 Å². The largest absolute Gasteiger partial charge is 0.427 e. The van der Waals surface area contributed by atoms with Crippen molar-refractivity contribution in [3.63, 3.8) is 0 Å². The second-order valence-electron chi connectivity index (χ2n) is 2.34. The lowest BCUT2D eigenvalue weighted by molar-refractivity contribution is 0.193. The third-order valence-corrected chi connectivity index (χ3v) is 2.21. The van der Waals surface area contributed by atoms with Gasteiger partial charge in [-0.05, 0) is 28.1 Å². The molecule has 0 bridgehead atoms. The van der Waals surface area contributed by atoms with Gasteiger partial charge >= 0.3 is 0 Å². The molecule has 56 valence electrons. The molecule has 0 amide bonds. The lowest BCUT2D eigenvalue weighted by Crippen LogP contribution is -1.87. The van der Waals surface area contributed by atoms with E-state index in [-0.39, 0.29) is 0 Å². The van der Waals surface area contributed by atoms with Gasteiger partial charge in [0.1, 0.15) is 4.60 Å². The third kappa shape index (κ3) is 0.922. The minimum absolute atomic E-state index is 0.679. The number of aromatic nitrogens is 1. The molecule has 2 nitrogen and oxygen atoms in total. The minimum Gasteiger partial charge on any atom is -0.427 e. The number of fused-ring (bicyclic) bond motifs is 1. The zero-order valence-corrected chi connectivity index (χ0v) is 7.25. The summed E-state index contributed by atoms with van der Waals surface area (Å²) >= 11 is 3.22. The molecule has 0 saturated carbocycles. The summed E-state index contributed by atoms with van der Waals surface area (Å²) in [7, 11) is 0. The maximum Gasteiger partial charge on any atom is 0.123 e. The van der Waals surface area contributed by atoms with Crippen LogP contribution in [0.25, 0.3) is 10.9 Å². The Morgan fingerprint density at radius 1 is 1.27 bits per heavy atom. The SMILES string of the molecule is On1c(Br)cc2ccccc21. The quantitative estimate of drug-likeness (QED) is 0.667. The van der Waals surface area contributed by atoms with Crippen LogP contribution in [0.1, 0.15) is 0 Å². The molecule has 0 saturated heterocycles. The van der Waals surface area contributed by atoms with Crippen LogP contribution in [0.2, 0.25) is 0 Å². The fourth-order valence-corrected chi connectivity index (χ4v) is 1.54. The summed E-state index contributed by atoms with van der Waals surface area (Å²) < 4.78 is 1.80. The molecule has 0 unspecified atom stereocenters. The van der Waals surface area contributed by atoms with E-state index in [1.807, 2.05) is 30.3 Å². The highest BCUT2D eigenvalue weighted by atomic mass is 79.9. The molecular weight excluding hydrogens is 206 g/mol. The highest BCUT2D eigenvalue weighted by Gasteiger charge is 2.02. The molecule has 0 spiro atoms. The summed E-state index contributed by atoms with van der Waals surface area (Å²) in [5, 5.41) is 10.4. The number of halogens is 1. The summed E-state index contributed by atoms with van der Waals surface area (Å²) in [5.41, 5.74) is 0.819. The Labute approximate surface area is 72.1 Å². The fourth-order valence-electron chi connectivity index (χ4n) is 1.11. The van der Waals surface area contributed by atoms with Crippen molar-refractivity contribution in [2.75, 3.05) is 0 Å². The highest BCUT2D eigenvalue weighted by Crippen LogP contribution is 2.21. The fraction of sp³-hybridized carbons (Fsp3) is 0. The van der Waals surface area contributed by atoms with Crippen molar-refractivity contribution in [2.45, 2.75) is 0 Å². The number of nitrogens with zero attached hydrogens (tertiary/aromatic N) is 1. The molecule has 0 aliphatic rings. The number of para-hydroxylation sites is 1. The molecule has 0 aliphatic carbocycles. The Bertz CT molecular complexity index is 394. The Morgan fingerprint density at radius 2 is 2.00 bits per heavy atom. The highest BCUT2D eigenvalue weighted by molar-refractivity contribution is 9.10. The molecule has 1 aromatic carbocycles. The van der Waals surface area contributed by atoms with Crippen LogP contribution in [-0.2, 0) is 0 Å². The van der Waals surface area contributed by atoms with Crippen molar-refractivity contribution in [2.24, 2.45) is 0 Å². The molecule has 0 aliphatic heterocycles. The smallest absolute Gasteiger partial charge is 0.123 e. The molecule has 0 fully saturated rings. The summed E-state index contributed by atoms with van der Waals surface area (Å²) in [5.74, 6) is 0. The van der Waals surface area contributed by atoms with Crippen molar-refractivity contribution >= 4 is 26.8 Å². The molecule has 0 atom stereocenters. The molecule has 2 aromatic rings. The second kappa shape index (κ2) is 2.27. The van der Waals surface area contributed by atoms with Crippen LogP contribution in [0.15, 0.2) is 34.9 Å². The first kappa shape index (κ1) is 6.73. The first-order chi connectivity index (χ1) is 5.29. The third-order valence-electron chi connectivity index (χ3n) is 1.64. The van der Waals surface area contributed by atoms with Crippen LogP contribution in [0.4, 0.5) is 0 Å². The summed E-state index contributed by atoms with van der Waals surface area (Å²) in [6.45, 7) is 0. The van der Waals surface area contributed by atoms with Gasteiger partial charge in [0.15, 0.2) is 0 Å². The van der Waals surface area contributed by atoms with Gasteiger partial charge in [0.05, 0.1) is 5.52 Å². The standard InChI is InChI=1S/C8H6BrNO/c9-8-5-6-3-1-2-4-7(6)10(8)11/h1-5,11H. The number of benzene rings is 1. The van der Waals surface area contributed by atoms with Gasteiger partial charge in [-0.2, -0.15) is 4.73 Å². The summed E-state index contributed by atoms with van der Waals surface area (Å²) in [6.07, 6.45) is 0. The van der Waals surface area contributed by atoms with E-state index in [0.29, 0.717) is 4.60 Å². The van der Waals surface area contributed by atoms with Crippen molar-refractivity contribution in [3.05, 3.63) is 34.9 Å². The van der Waals surface area contributed by atoms with Gasteiger partial charge in [-0.15, -0.1) is 0 Å². The lowest BCUT2D eigenvalue weighted by atomic mass is 10.3. The molecule has 3 heteroatoms. The number of rotatable bonds is 0. The monoisotopic (exact) mass is 211 g/mol. The lowest BCUT2D eigenvalue weighted by Gasteiger charge is -1.93. The van der Waals surface area contributed by atoms with Crippen LogP contribution < -0.4 is 0 Å². The molecule has 1 N–H and O–H groups in total. The van der Waals surface area contributed by atoms with Crippen molar-refractivity contribution in [1.82, 2.24) is 4.73 Å². The number of hydrogen-bond acceptors (Lipinski definition) is 1. The predicted molar refractivity (Wildman–Crippen MR) is 46.8 cm³/mol. The van der Waals surface area contributed by atoms with Crippen LogP contribution in [0.3, 0.4) is 0 Å². The van der Waals surface area contributed by atoms with Crippen molar-refractivity contribution < 1.29 is 5.21 Å². The van der Waals surface area contributed by atoms with Gasteiger partial charge in [-0.25, -0.2) is 0 Å². The molecule has 1 heterocycles. The van der Waals surface area contributed by atoms with E-state index >= 15 is 0 Å². The first-order valence-electron chi connectivity index (χ1n) is 3.24. The van der Waals surface area contributed by atoms with Gasteiger partial charge in [-0.1, -0.05) is 18.2 Å². The van der Waals surface area contributed by atoms with E-state index in [4.69, 9.17) is 0 Å². The van der Waals surface area contributed by atoms with Gasteiger partial charge in [-0.3, -0.25) is 0 Å². The van der Waals surface area contributed by atoms with Gasteiger partial charge < -0.3 is 5.21 Å². The Hall–Kier alpha value is -0.960. The van der Waals surface area contributed by atoms with E-state index in [0.717, 1.165) is 15.6 Å². The minimum atomic E-state index is 0.679. The normalized spacial score (nSPS) is 10.6. The maximum atomic E-state index is 9.37. The van der Waals surface area contributed by atoms with Crippen LogP contribution in [0, 0.1) is 0 Å². The first-order valence-corrected chi connectivity index (χ1v) is 4.03. The number of hydrogen-bond donors (Lipinski definition) is 1. The zero-order chi connectivity index (χ0) is 7.84. The Morgan fingerprint density at radius 3 is 2.73 bits per heavy atom. The maximum absolute atomic E-state index is 9.37. The van der Waals surface area contributed by atoms with E-state index in [1.54, 1.807) is 0 Å². The Balaban J connectivity index is 2.92. The average Bonchev–Trinajstić information content (AvgIpc) is 2.30. The van der Waals surface area contributed by atoms with E-state index < -0.39 is 0 Å². The molecular formula is C8H6BrNO. The van der Waals surface area contributed by atoms with Gasteiger partial charge in [0.2, 0.25) is 0 Å². The van der Waals surface area contributed by atoms with E-state index in [1.165, 1.54) is 0 Å². The zero-order valence-electron chi connectivity index (χ0n) is 5.66. The molecule has 0 radical (unpaired) electrons. The van der Waals surface area contributed by atoms with Gasteiger partial charge in [0.25, 0.3) is 0 Å². The summed E-state index contributed by atoms with van der Waals surface area (Å²) in [4.78, 5) is 0. The topological polar surface area (TPSA) is 25.2 Å². The molecule has 2 rings (SSSR count). The van der Waals surface area contributed by atoms with Crippen LogP contribution in [-0.4, -0.2) is 9.94 Å². The van der Waals surface area contributed by atoms with E-state index in [9.17, 15) is 5.21 Å².